The van der Waals surface area contributed by atoms with Gasteiger partial charge in [-0.1, -0.05) is 22.9 Å². The van der Waals surface area contributed by atoms with Crippen LogP contribution in [0, 0.1) is 6.92 Å². The maximum Gasteiger partial charge on any atom is 0.123 e. The molecule has 1 heterocycles. The van der Waals surface area contributed by atoms with Crippen LogP contribution in [0.2, 0.25) is 0 Å². The quantitative estimate of drug-likeness (QED) is 0.804. The standard InChI is InChI=1S/C15H19BrN2OS/c1-3-6-19-15-5-4-13(16)7-12(15)8-17-9-14-10-18-11(2)20-14/h4-5,7,10,17H,3,6,8-9H2,1-2H3. The lowest BCUT2D eigenvalue weighted by atomic mass is 10.2. The van der Waals surface area contributed by atoms with E-state index >= 15 is 0 Å². The highest BCUT2D eigenvalue weighted by Gasteiger charge is 2.05. The normalized spacial score (nSPS) is 10.8. The fourth-order valence-corrected chi connectivity index (χ4v) is 3.02. The van der Waals surface area contributed by atoms with Crippen LogP contribution >= 0.6 is 27.3 Å². The first kappa shape index (κ1) is 15.5. The molecule has 1 aromatic heterocycles. The maximum absolute atomic E-state index is 5.78. The van der Waals surface area contributed by atoms with Gasteiger partial charge in [-0.05, 0) is 31.5 Å². The Balaban J connectivity index is 1.95. The van der Waals surface area contributed by atoms with E-state index < -0.39 is 0 Å². The predicted molar refractivity (Wildman–Crippen MR) is 87.3 cm³/mol. The number of hydrogen-bond acceptors (Lipinski definition) is 4. The van der Waals surface area contributed by atoms with Crippen LogP contribution in [0.5, 0.6) is 5.75 Å². The van der Waals surface area contributed by atoms with Crippen LogP contribution < -0.4 is 10.1 Å². The van der Waals surface area contributed by atoms with Crippen molar-refractivity contribution < 1.29 is 4.74 Å². The van der Waals surface area contributed by atoms with Crippen molar-refractivity contribution in [3.05, 3.63) is 44.3 Å². The van der Waals surface area contributed by atoms with Crippen molar-refractivity contribution in [2.75, 3.05) is 6.61 Å². The molecule has 0 aliphatic carbocycles. The molecular weight excluding hydrogens is 336 g/mol. The largest absolute Gasteiger partial charge is 0.493 e. The summed E-state index contributed by atoms with van der Waals surface area (Å²) in [6.45, 7) is 6.52. The topological polar surface area (TPSA) is 34.1 Å². The van der Waals surface area contributed by atoms with E-state index in [2.05, 4.69) is 39.2 Å². The van der Waals surface area contributed by atoms with Crippen molar-refractivity contribution in [3.63, 3.8) is 0 Å². The molecule has 2 rings (SSSR count). The fraction of sp³-hybridized carbons (Fsp3) is 0.400. The second-order valence-corrected chi connectivity index (χ2v) is 6.78. The first-order valence-electron chi connectivity index (χ1n) is 6.72. The molecule has 0 radical (unpaired) electrons. The highest BCUT2D eigenvalue weighted by Crippen LogP contribution is 2.23. The molecule has 20 heavy (non-hydrogen) atoms. The second-order valence-electron chi connectivity index (χ2n) is 4.55. The molecule has 108 valence electrons. The number of hydrogen-bond donors (Lipinski definition) is 1. The van der Waals surface area contributed by atoms with E-state index in [-0.39, 0.29) is 0 Å². The molecule has 0 bridgehead atoms. The third-order valence-corrected chi connectivity index (χ3v) is 4.17. The van der Waals surface area contributed by atoms with Gasteiger partial charge in [0.15, 0.2) is 0 Å². The van der Waals surface area contributed by atoms with Gasteiger partial charge in [0.05, 0.1) is 11.6 Å². The Hall–Kier alpha value is -0.910. The molecule has 0 spiro atoms. The van der Waals surface area contributed by atoms with Crippen LogP contribution in [0.3, 0.4) is 0 Å². The van der Waals surface area contributed by atoms with Crippen LogP contribution in [0.4, 0.5) is 0 Å². The lowest BCUT2D eigenvalue weighted by molar-refractivity contribution is 0.313. The minimum Gasteiger partial charge on any atom is -0.493 e. The number of nitrogens with one attached hydrogen (secondary N) is 1. The summed E-state index contributed by atoms with van der Waals surface area (Å²) in [4.78, 5) is 5.52. The molecule has 0 amide bonds. The monoisotopic (exact) mass is 354 g/mol. The summed E-state index contributed by atoms with van der Waals surface area (Å²) in [7, 11) is 0. The van der Waals surface area contributed by atoms with Crippen LogP contribution in [-0.4, -0.2) is 11.6 Å². The minimum atomic E-state index is 0.753. The Bertz CT molecular complexity index is 557. The molecule has 0 unspecified atom stereocenters. The number of rotatable bonds is 7. The Kier molecular flexibility index (Phi) is 6.01. The zero-order valence-electron chi connectivity index (χ0n) is 11.8. The highest BCUT2D eigenvalue weighted by molar-refractivity contribution is 9.10. The first-order valence-corrected chi connectivity index (χ1v) is 8.33. The molecule has 0 aliphatic rings. The first-order chi connectivity index (χ1) is 9.69. The van der Waals surface area contributed by atoms with Crippen molar-refractivity contribution in [1.29, 1.82) is 0 Å². The second kappa shape index (κ2) is 7.76. The fourth-order valence-electron chi connectivity index (χ4n) is 1.85. The summed E-state index contributed by atoms with van der Waals surface area (Å²) in [6, 6.07) is 6.14. The smallest absolute Gasteiger partial charge is 0.123 e. The van der Waals surface area contributed by atoms with Gasteiger partial charge in [0.25, 0.3) is 0 Å². The molecular formula is C15H19BrN2OS. The van der Waals surface area contributed by atoms with E-state index in [4.69, 9.17) is 4.74 Å². The lowest BCUT2D eigenvalue weighted by Crippen LogP contribution is -2.13. The van der Waals surface area contributed by atoms with Gasteiger partial charge in [0.2, 0.25) is 0 Å². The Morgan fingerprint density at radius 3 is 2.90 bits per heavy atom. The van der Waals surface area contributed by atoms with Crippen molar-refractivity contribution >= 4 is 27.3 Å². The number of benzene rings is 1. The molecule has 5 heteroatoms. The molecule has 0 fully saturated rings. The van der Waals surface area contributed by atoms with Gasteiger partial charge >= 0.3 is 0 Å². The third-order valence-electron chi connectivity index (χ3n) is 2.77. The average Bonchev–Trinajstić information content (AvgIpc) is 2.84. The van der Waals surface area contributed by atoms with Crippen molar-refractivity contribution in [1.82, 2.24) is 10.3 Å². The van der Waals surface area contributed by atoms with Crippen molar-refractivity contribution in [2.45, 2.75) is 33.4 Å². The zero-order valence-corrected chi connectivity index (χ0v) is 14.2. The van der Waals surface area contributed by atoms with Crippen LogP contribution in [0.25, 0.3) is 0 Å². The zero-order chi connectivity index (χ0) is 14.4. The summed E-state index contributed by atoms with van der Waals surface area (Å²) in [5.74, 6) is 0.961. The summed E-state index contributed by atoms with van der Waals surface area (Å²) < 4.78 is 6.85. The third kappa shape index (κ3) is 4.58. The van der Waals surface area contributed by atoms with Crippen molar-refractivity contribution in [2.24, 2.45) is 0 Å². The number of nitrogens with zero attached hydrogens (tertiary/aromatic N) is 1. The van der Waals surface area contributed by atoms with Crippen LogP contribution in [0.1, 0.15) is 28.8 Å². The molecule has 1 N–H and O–H groups in total. The van der Waals surface area contributed by atoms with Gasteiger partial charge in [0.1, 0.15) is 5.75 Å². The Morgan fingerprint density at radius 2 is 2.20 bits per heavy atom. The van der Waals surface area contributed by atoms with E-state index in [0.29, 0.717) is 0 Å². The Morgan fingerprint density at radius 1 is 1.35 bits per heavy atom. The maximum atomic E-state index is 5.78. The number of ether oxygens (including phenoxy) is 1. The van der Waals surface area contributed by atoms with Crippen LogP contribution in [0.15, 0.2) is 28.9 Å². The Labute approximate surface area is 132 Å². The highest BCUT2D eigenvalue weighted by atomic mass is 79.9. The van der Waals surface area contributed by atoms with Gasteiger partial charge < -0.3 is 10.1 Å². The summed E-state index contributed by atoms with van der Waals surface area (Å²) in [5, 5.41) is 4.55. The molecule has 1 aromatic carbocycles. The molecule has 0 atom stereocenters. The number of halogens is 1. The number of aromatic nitrogens is 1. The minimum absolute atomic E-state index is 0.753. The molecule has 0 aliphatic heterocycles. The van der Waals surface area contributed by atoms with Crippen molar-refractivity contribution in [3.8, 4) is 5.75 Å². The van der Waals surface area contributed by atoms with E-state index in [1.165, 1.54) is 10.4 Å². The van der Waals surface area contributed by atoms with E-state index in [1.54, 1.807) is 11.3 Å². The molecule has 0 saturated heterocycles. The van der Waals surface area contributed by atoms with Gasteiger partial charge in [-0.25, -0.2) is 4.98 Å². The molecule has 0 saturated carbocycles. The van der Waals surface area contributed by atoms with E-state index in [0.717, 1.165) is 41.3 Å². The predicted octanol–water partition coefficient (Wildman–Crippen LogP) is 4.29. The van der Waals surface area contributed by atoms with Gasteiger partial charge in [0, 0.05) is 34.2 Å². The van der Waals surface area contributed by atoms with Gasteiger partial charge in [-0.2, -0.15) is 0 Å². The molecule has 3 nitrogen and oxygen atoms in total. The SMILES string of the molecule is CCCOc1ccc(Br)cc1CNCc1cnc(C)s1. The number of aryl methyl sites for hydroxylation is 1. The summed E-state index contributed by atoms with van der Waals surface area (Å²) in [6.07, 6.45) is 2.95. The van der Waals surface area contributed by atoms with E-state index in [1.807, 2.05) is 25.3 Å². The molecule has 2 aromatic rings. The number of thiazole rings is 1. The lowest BCUT2D eigenvalue weighted by Gasteiger charge is -2.12. The summed E-state index contributed by atoms with van der Waals surface area (Å²) >= 11 is 5.24. The van der Waals surface area contributed by atoms with Crippen LogP contribution in [-0.2, 0) is 13.1 Å². The van der Waals surface area contributed by atoms with E-state index in [9.17, 15) is 0 Å². The summed E-state index contributed by atoms with van der Waals surface area (Å²) in [5.41, 5.74) is 1.18. The van der Waals surface area contributed by atoms with Gasteiger partial charge in [-0.3, -0.25) is 0 Å². The van der Waals surface area contributed by atoms with Gasteiger partial charge in [-0.15, -0.1) is 11.3 Å². The average molecular weight is 355 g/mol.